The van der Waals surface area contributed by atoms with Gasteiger partial charge in [0, 0.05) is 0 Å². The van der Waals surface area contributed by atoms with Gasteiger partial charge in [0.05, 0.1) is 5.02 Å². The van der Waals surface area contributed by atoms with Gasteiger partial charge in [0.1, 0.15) is 11.8 Å². The van der Waals surface area contributed by atoms with Gasteiger partial charge in [-0.05, 0) is 37.5 Å². The van der Waals surface area contributed by atoms with Crippen molar-refractivity contribution in [2.24, 2.45) is 0 Å². The molecule has 0 spiro atoms. The second-order valence-corrected chi connectivity index (χ2v) is 5.76. The molecule has 2 unspecified atom stereocenters. The van der Waals surface area contributed by atoms with Crippen molar-refractivity contribution in [2.75, 3.05) is 12.0 Å². The molecule has 0 radical (unpaired) electrons. The summed E-state index contributed by atoms with van der Waals surface area (Å²) in [6, 6.07) is 5.88. The maximum Gasteiger partial charge on any atom is 0.326 e. The summed E-state index contributed by atoms with van der Waals surface area (Å²) in [7, 11) is 0. The van der Waals surface area contributed by atoms with Crippen LogP contribution in [0.25, 0.3) is 0 Å². The van der Waals surface area contributed by atoms with E-state index < -0.39 is 24.0 Å². The molecule has 1 aromatic carbocycles. The number of benzene rings is 1. The molecule has 1 aromatic rings. The van der Waals surface area contributed by atoms with Crippen LogP contribution in [0.5, 0.6) is 5.75 Å². The second kappa shape index (κ2) is 8.79. The number of carbonyl (C=O) groups excluding carboxylic acids is 1. The zero-order chi connectivity index (χ0) is 15.8. The van der Waals surface area contributed by atoms with Gasteiger partial charge in [-0.1, -0.05) is 23.7 Å². The molecule has 0 aromatic heterocycles. The molecule has 2 atom stereocenters. The van der Waals surface area contributed by atoms with Crippen LogP contribution in [0.2, 0.25) is 5.02 Å². The van der Waals surface area contributed by atoms with Gasteiger partial charge in [-0.25, -0.2) is 4.79 Å². The van der Waals surface area contributed by atoms with Crippen molar-refractivity contribution in [1.29, 1.82) is 0 Å². The Morgan fingerprint density at radius 3 is 2.67 bits per heavy atom. The number of carboxylic acids is 1. The molecule has 5 nitrogen and oxygen atoms in total. The van der Waals surface area contributed by atoms with E-state index in [1.165, 1.54) is 11.8 Å². The molecule has 2 N–H and O–H groups in total. The highest BCUT2D eigenvalue weighted by Gasteiger charge is 2.23. The average molecular weight is 332 g/mol. The van der Waals surface area contributed by atoms with E-state index >= 15 is 0 Å². The molecule has 1 rings (SSSR count). The Morgan fingerprint density at radius 2 is 2.10 bits per heavy atom. The van der Waals surface area contributed by atoms with E-state index in [9.17, 15) is 9.59 Å². The maximum atomic E-state index is 12.0. The Kier molecular flexibility index (Phi) is 7.39. The Labute approximate surface area is 133 Å². The van der Waals surface area contributed by atoms with Crippen LogP contribution in [-0.2, 0) is 9.59 Å². The number of hydrogen-bond donors (Lipinski definition) is 2. The monoisotopic (exact) mass is 331 g/mol. The number of hydrogen-bond acceptors (Lipinski definition) is 4. The highest BCUT2D eigenvalue weighted by atomic mass is 35.5. The molecule has 0 fully saturated rings. The van der Waals surface area contributed by atoms with Gasteiger partial charge in [0.15, 0.2) is 6.10 Å². The lowest BCUT2D eigenvalue weighted by Gasteiger charge is -2.19. The predicted molar refractivity (Wildman–Crippen MR) is 84.1 cm³/mol. The molecule has 0 saturated carbocycles. The highest BCUT2D eigenvalue weighted by Crippen LogP contribution is 2.24. The lowest BCUT2D eigenvalue weighted by Crippen LogP contribution is -2.46. The number of halogens is 1. The number of amides is 1. The quantitative estimate of drug-likeness (QED) is 0.765. The minimum Gasteiger partial charge on any atom is -0.480 e. The molecule has 1 amide bonds. The fraction of sp³-hybridized carbons (Fsp3) is 0.429. The molecule has 116 valence electrons. The zero-order valence-electron chi connectivity index (χ0n) is 11.8. The van der Waals surface area contributed by atoms with Gasteiger partial charge in [0.25, 0.3) is 5.91 Å². The van der Waals surface area contributed by atoms with E-state index in [1.807, 2.05) is 6.26 Å². The summed E-state index contributed by atoms with van der Waals surface area (Å²) in [4.78, 5) is 23.1. The van der Waals surface area contributed by atoms with Crippen molar-refractivity contribution in [3.63, 3.8) is 0 Å². The number of ether oxygens (including phenoxy) is 1. The van der Waals surface area contributed by atoms with Crippen molar-refractivity contribution in [2.45, 2.75) is 25.5 Å². The SMILES string of the molecule is CSCCC(NC(=O)C(C)Oc1ccccc1Cl)C(=O)O. The van der Waals surface area contributed by atoms with E-state index in [0.29, 0.717) is 22.9 Å². The predicted octanol–water partition coefficient (Wildman–Crippen LogP) is 2.43. The summed E-state index contributed by atoms with van der Waals surface area (Å²) in [5.74, 6) is -0.500. The molecule has 0 heterocycles. The van der Waals surface area contributed by atoms with E-state index in [1.54, 1.807) is 31.2 Å². The van der Waals surface area contributed by atoms with Crippen LogP contribution in [0.4, 0.5) is 0 Å². The van der Waals surface area contributed by atoms with Gasteiger partial charge in [-0.2, -0.15) is 11.8 Å². The summed E-state index contributed by atoms with van der Waals surface area (Å²) < 4.78 is 5.45. The van der Waals surface area contributed by atoms with Crippen molar-refractivity contribution in [3.05, 3.63) is 29.3 Å². The molecule has 0 aliphatic rings. The van der Waals surface area contributed by atoms with Crippen LogP contribution < -0.4 is 10.1 Å². The largest absolute Gasteiger partial charge is 0.480 e. The van der Waals surface area contributed by atoms with Crippen molar-refractivity contribution in [3.8, 4) is 5.75 Å². The van der Waals surface area contributed by atoms with E-state index in [-0.39, 0.29) is 0 Å². The summed E-state index contributed by atoms with van der Waals surface area (Å²) in [5, 5.41) is 11.9. The number of rotatable bonds is 8. The number of carbonyl (C=O) groups is 2. The Morgan fingerprint density at radius 1 is 1.43 bits per heavy atom. The first-order valence-corrected chi connectivity index (χ1v) is 8.16. The fourth-order valence-electron chi connectivity index (χ4n) is 1.57. The van der Waals surface area contributed by atoms with Crippen LogP contribution in [0, 0.1) is 0 Å². The molecule has 0 bridgehead atoms. The van der Waals surface area contributed by atoms with E-state index in [0.717, 1.165) is 0 Å². The third kappa shape index (κ3) is 5.85. The number of carboxylic acid groups (broad SMARTS) is 1. The van der Waals surface area contributed by atoms with Crippen molar-refractivity contribution < 1.29 is 19.4 Å². The summed E-state index contributed by atoms with van der Waals surface area (Å²) >= 11 is 7.47. The van der Waals surface area contributed by atoms with Gasteiger partial charge in [-0.3, -0.25) is 4.79 Å². The van der Waals surface area contributed by atoms with Crippen molar-refractivity contribution >= 4 is 35.2 Å². The van der Waals surface area contributed by atoms with Gasteiger partial charge in [-0.15, -0.1) is 0 Å². The van der Waals surface area contributed by atoms with Gasteiger partial charge in [0.2, 0.25) is 0 Å². The minimum atomic E-state index is -1.05. The van der Waals surface area contributed by atoms with Crippen molar-refractivity contribution in [1.82, 2.24) is 5.32 Å². The number of thioether (sulfide) groups is 1. The number of aliphatic carboxylic acids is 1. The van der Waals surface area contributed by atoms with Gasteiger partial charge < -0.3 is 15.2 Å². The molecular weight excluding hydrogens is 314 g/mol. The third-order valence-electron chi connectivity index (χ3n) is 2.73. The topological polar surface area (TPSA) is 75.6 Å². The molecule has 21 heavy (non-hydrogen) atoms. The molecule has 7 heteroatoms. The summed E-state index contributed by atoms with van der Waals surface area (Å²) in [6.07, 6.45) is 1.41. The summed E-state index contributed by atoms with van der Waals surface area (Å²) in [6.45, 7) is 1.55. The number of nitrogens with one attached hydrogen (secondary N) is 1. The second-order valence-electron chi connectivity index (χ2n) is 4.37. The first kappa shape index (κ1) is 17.7. The van der Waals surface area contributed by atoms with Gasteiger partial charge >= 0.3 is 5.97 Å². The lowest BCUT2D eigenvalue weighted by atomic mass is 10.2. The third-order valence-corrected chi connectivity index (χ3v) is 3.69. The van der Waals surface area contributed by atoms with Crippen LogP contribution >= 0.6 is 23.4 Å². The molecule has 0 saturated heterocycles. The number of para-hydroxylation sites is 1. The van der Waals surface area contributed by atoms with E-state index in [4.69, 9.17) is 21.4 Å². The first-order valence-electron chi connectivity index (χ1n) is 6.39. The molecule has 0 aliphatic heterocycles. The van der Waals surface area contributed by atoms with Crippen LogP contribution in [0.15, 0.2) is 24.3 Å². The first-order chi connectivity index (χ1) is 9.95. The maximum absolute atomic E-state index is 12.0. The minimum absolute atomic E-state index is 0.362. The Hall–Kier alpha value is -1.40. The normalized spacial score (nSPS) is 13.3. The van der Waals surface area contributed by atoms with Crippen LogP contribution in [-0.4, -0.2) is 41.1 Å². The molecule has 0 aliphatic carbocycles. The molecular formula is C14H18ClNO4S. The Balaban J connectivity index is 2.61. The standard InChI is InChI=1S/C14H18ClNO4S/c1-9(20-12-6-4-3-5-10(12)15)13(17)16-11(14(18)19)7-8-21-2/h3-6,9,11H,7-8H2,1-2H3,(H,16,17)(H,18,19). The van der Waals surface area contributed by atoms with E-state index in [2.05, 4.69) is 5.32 Å². The Bertz CT molecular complexity index is 498. The van der Waals surface area contributed by atoms with Crippen LogP contribution in [0.1, 0.15) is 13.3 Å². The highest BCUT2D eigenvalue weighted by molar-refractivity contribution is 7.98. The lowest BCUT2D eigenvalue weighted by molar-refractivity contribution is -0.142. The summed E-state index contributed by atoms with van der Waals surface area (Å²) in [5.41, 5.74) is 0. The fourth-order valence-corrected chi connectivity index (χ4v) is 2.22. The smallest absolute Gasteiger partial charge is 0.326 e. The zero-order valence-corrected chi connectivity index (χ0v) is 13.4. The average Bonchev–Trinajstić information content (AvgIpc) is 2.45. The van der Waals surface area contributed by atoms with Crippen LogP contribution in [0.3, 0.4) is 0 Å².